The Hall–Kier alpha value is -0.240. The summed E-state index contributed by atoms with van der Waals surface area (Å²) < 4.78 is 29.4. The van der Waals surface area contributed by atoms with Crippen LogP contribution in [0.15, 0.2) is 0 Å². The van der Waals surface area contributed by atoms with Crippen molar-refractivity contribution in [2.45, 2.75) is 70.0 Å². The van der Waals surface area contributed by atoms with Crippen molar-refractivity contribution in [3.63, 3.8) is 0 Å². The third-order valence-corrected chi connectivity index (χ3v) is 3.54. The van der Waals surface area contributed by atoms with Gasteiger partial charge in [0, 0.05) is 0 Å². The van der Waals surface area contributed by atoms with Crippen molar-refractivity contribution in [3.05, 3.63) is 0 Å². The van der Waals surface area contributed by atoms with Crippen LogP contribution in [0.5, 0.6) is 0 Å². The van der Waals surface area contributed by atoms with Crippen LogP contribution < -0.4 is 5.73 Å². The fourth-order valence-corrected chi connectivity index (χ4v) is 2.93. The lowest BCUT2D eigenvalue weighted by molar-refractivity contribution is -0.404. The zero-order valence-electron chi connectivity index (χ0n) is 11.3. The molecule has 3 rings (SSSR count). The summed E-state index contributed by atoms with van der Waals surface area (Å²) in [5.74, 6) is -1.26. The molecule has 0 spiro atoms. The smallest absolute Gasteiger partial charge is 0.190 e. The predicted octanol–water partition coefficient (Wildman–Crippen LogP) is -0.375. The van der Waals surface area contributed by atoms with E-state index in [0.717, 1.165) is 0 Å². The van der Waals surface area contributed by atoms with Gasteiger partial charge in [0.25, 0.3) is 0 Å². The minimum absolute atomic E-state index is 0.115. The normalized spacial score (nSPS) is 48.8. The van der Waals surface area contributed by atoms with Gasteiger partial charge in [-0.3, -0.25) is 0 Å². The van der Waals surface area contributed by atoms with Crippen LogP contribution >= 0.6 is 0 Å². The molecule has 0 aromatic rings. The van der Waals surface area contributed by atoms with Crippen LogP contribution in [0.25, 0.3) is 0 Å². The highest BCUT2D eigenvalue weighted by molar-refractivity contribution is 4.99. The first kappa shape index (κ1) is 12.8. The molecule has 0 radical (unpaired) electrons. The van der Waals surface area contributed by atoms with Crippen LogP contribution in [0.4, 0.5) is 0 Å². The van der Waals surface area contributed by atoms with Crippen molar-refractivity contribution in [2.24, 2.45) is 0 Å². The van der Waals surface area contributed by atoms with Crippen LogP contribution in [0, 0.1) is 0 Å². The molecule has 0 aromatic heterocycles. The van der Waals surface area contributed by atoms with Gasteiger partial charge in [0.2, 0.25) is 0 Å². The monoisotopic (exact) mass is 260 g/mol. The second-order valence-corrected chi connectivity index (χ2v) is 6.00. The number of hydrogen-bond donors (Lipinski definition) is 1. The molecular weight excluding hydrogens is 238 g/mol. The fraction of sp³-hybridized carbons (Fsp3) is 1.00. The second kappa shape index (κ2) is 3.88. The molecule has 0 bridgehead atoms. The maximum absolute atomic E-state index is 5.96. The first-order valence-electron chi connectivity index (χ1n) is 6.47. The molecule has 3 saturated heterocycles. The topological polar surface area (TPSA) is 73.8 Å². The molecule has 0 saturated carbocycles. The molecule has 0 unspecified atom stereocenters. The standard InChI is InChI=1S/C12H21NO5/c1-11(2)15-7-6(5-13)14-10-9(8(7)16-11)17-12(3,4)18-10/h6-10H,5,13H2,1-4H3/p+1/t6-,7-,8+,9+,10-/m0/s1. The maximum atomic E-state index is 5.96. The van der Waals surface area contributed by atoms with E-state index < -0.39 is 17.9 Å². The average molecular weight is 260 g/mol. The van der Waals surface area contributed by atoms with Crippen LogP contribution in [-0.4, -0.2) is 48.8 Å². The minimum Gasteiger partial charge on any atom is -0.355 e. The number of quaternary nitrogens is 1. The average Bonchev–Trinajstić information content (AvgIpc) is 2.71. The maximum Gasteiger partial charge on any atom is 0.190 e. The fourth-order valence-electron chi connectivity index (χ4n) is 2.93. The Labute approximate surface area is 107 Å². The van der Waals surface area contributed by atoms with Gasteiger partial charge < -0.3 is 29.4 Å². The van der Waals surface area contributed by atoms with Crippen molar-refractivity contribution in [2.75, 3.05) is 6.54 Å². The third kappa shape index (κ3) is 1.97. The van der Waals surface area contributed by atoms with Crippen LogP contribution in [-0.2, 0) is 23.7 Å². The molecule has 6 nitrogen and oxygen atoms in total. The summed E-state index contributed by atoms with van der Waals surface area (Å²) in [4.78, 5) is 0. The van der Waals surface area contributed by atoms with Gasteiger partial charge >= 0.3 is 0 Å². The molecule has 0 aromatic carbocycles. The molecule has 0 amide bonds. The van der Waals surface area contributed by atoms with E-state index in [2.05, 4.69) is 5.73 Å². The molecule has 0 aliphatic carbocycles. The van der Waals surface area contributed by atoms with Gasteiger partial charge in [0.05, 0.1) is 0 Å². The summed E-state index contributed by atoms with van der Waals surface area (Å²) in [6.45, 7) is 8.18. The van der Waals surface area contributed by atoms with Gasteiger partial charge in [0.1, 0.15) is 31.0 Å². The molecular formula is C12H22NO5+. The second-order valence-electron chi connectivity index (χ2n) is 6.00. The summed E-state index contributed by atoms with van der Waals surface area (Å²) in [6.07, 6.45) is -1.06. The number of hydrogen-bond acceptors (Lipinski definition) is 5. The highest BCUT2D eigenvalue weighted by Crippen LogP contribution is 2.43. The van der Waals surface area contributed by atoms with Crippen molar-refractivity contribution >= 4 is 0 Å². The summed E-state index contributed by atoms with van der Waals surface area (Å²) in [6, 6.07) is 0. The highest BCUT2D eigenvalue weighted by Gasteiger charge is 2.60. The van der Waals surface area contributed by atoms with Gasteiger partial charge in [-0.25, -0.2) is 0 Å². The Morgan fingerprint density at radius 1 is 0.833 bits per heavy atom. The van der Waals surface area contributed by atoms with Gasteiger partial charge in [-0.2, -0.15) is 0 Å². The Kier molecular flexibility index (Phi) is 2.75. The zero-order valence-corrected chi connectivity index (χ0v) is 11.3. The van der Waals surface area contributed by atoms with E-state index in [4.69, 9.17) is 23.7 Å². The molecule has 3 aliphatic rings. The van der Waals surface area contributed by atoms with E-state index in [0.29, 0.717) is 6.54 Å². The van der Waals surface area contributed by atoms with Crippen molar-refractivity contribution in [1.29, 1.82) is 0 Å². The summed E-state index contributed by atoms with van der Waals surface area (Å²) in [5, 5.41) is 0. The zero-order chi connectivity index (χ0) is 13.1. The highest BCUT2D eigenvalue weighted by atomic mass is 16.9. The Balaban J connectivity index is 1.86. The van der Waals surface area contributed by atoms with E-state index in [1.165, 1.54) is 0 Å². The molecule has 5 atom stereocenters. The van der Waals surface area contributed by atoms with E-state index in [1.807, 2.05) is 27.7 Å². The van der Waals surface area contributed by atoms with E-state index in [9.17, 15) is 0 Å². The molecule has 3 fully saturated rings. The number of ether oxygens (including phenoxy) is 5. The van der Waals surface area contributed by atoms with Crippen LogP contribution in [0.1, 0.15) is 27.7 Å². The molecule has 104 valence electrons. The lowest BCUT2D eigenvalue weighted by Crippen LogP contribution is -2.65. The van der Waals surface area contributed by atoms with Crippen LogP contribution in [0.2, 0.25) is 0 Å². The first-order chi connectivity index (χ1) is 8.31. The molecule has 18 heavy (non-hydrogen) atoms. The van der Waals surface area contributed by atoms with E-state index in [-0.39, 0.29) is 24.4 Å². The SMILES string of the molecule is CC1(C)O[C@@H]2[C@@H](O1)[C@H](C[NH3+])O[C@H]1OC(C)(C)O[C@@H]12. The van der Waals surface area contributed by atoms with E-state index >= 15 is 0 Å². The number of fused-ring (bicyclic) bond motifs is 3. The molecule has 3 aliphatic heterocycles. The third-order valence-electron chi connectivity index (χ3n) is 3.54. The van der Waals surface area contributed by atoms with Crippen molar-refractivity contribution < 1.29 is 29.4 Å². The molecule has 3 N–H and O–H groups in total. The quantitative estimate of drug-likeness (QED) is 0.696. The Morgan fingerprint density at radius 2 is 1.39 bits per heavy atom. The van der Waals surface area contributed by atoms with Crippen molar-refractivity contribution in [3.8, 4) is 0 Å². The van der Waals surface area contributed by atoms with E-state index in [1.54, 1.807) is 0 Å². The largest absolute Gasteiger partial charge is 0.355 e. The van der Waals surface area contributed by atoms with Gasteiger partial charge in [-0.1, -0.05) is 0 Å². The van der Waals surface area contributed by atoms with Gasteiger partial charge in [-0.15, -0.1) is 0 Å². The summed E-state index contributed by atoms with van der Waals surface area (Å²) in [7, 11) is 0. The Bertz CT molecular complexity index is 345. The Morgan fingerprint density at radius 3 is 2.06 bits per heavy atom. The predicted molar refractivity (Wildman–Crippen MR) is 60.3 cm³/mol. The minimum atomic E-state index is -0.647. The van der Waals surface area contributed by atoms with Crippen molar-refractivity contribution in [1.82, 2.24) is 0 Å². The molecule has 6 heteroatoms. The molecule has 3 heterocycles. The van der Waals surface area contributed by atoms with Gasteiger partial charge in [0.15, 0.2) is 17.9 Å². The summed E-state index contributed by atoms with van der Waals surface area (Å²) >= 11 is 0. The summed E-state index contributed by atoms with van der Waals surface area (Å²) in [5.41, 5.74) is 3.91. The lowest BCUT2D eigenvalue weighted by atomic mass is 9.99. The first-order valence-corrected chi connectivity index (χ1v) is 6.47. The lowest BCUT2D eigenvalue weighted by Gasteiger charge is -2.35. The van der Waals surface area contributed by atoms with Gasteiger partial charge in [-0.05, 0) is 27.7 Å². The number of rotatable bonds is 1. The van der Waals surface area contributed by atoms with Crippen LogP contribution in [0.3, 0.4) is 0 Å².